The molecule has 2 N–H and O–H groups in total. The number of benzene rings is 1. The van der Waals surface area contributed by atoms with E-state index in [2.05, 4.69) is 14.4 Å². The van der Waals surface area contributed by atoms with Crippen molar-refractivity contribution in [3.63, 3.8) is 0 Å². The maximum Gasteiger partial charge on any atom is 0.230 e. The first kappa shape index (κ1) is 10.4. The van der Waals surface area contributed by atoms with Gasteiger partial charge in [0.2, 0.25) is 5.88 Å². The molecule has 6 heteroatoms. The van der Waals surface area contributed by atoms with Crippen molar-refractivity contribution in [1.82, 2.24) is 5.16 Å². The highest BCUT2D eigenvalue weighted by Crippen LogP contribution is 2.33. The SMILES string of the molecule is COc1c(F)ccc(-c2cnoc2N)c1F. The van der Waals surface area contributed by atoms with Crippen LogP contribution >= 0.6 is 0 Å². The number of aromatic nitrogens is 1. The lowest BCUT2D eigenvalue weighted by Crippen LogP contribution is -1.96. The minimum atomic E-state index is -0.836. The van der Waals surface area contributed by atoms with Crippen LogP contribution in [0.3, 0.4) is 0 Å². The second kappa shape index (κ2) is 3.80. The first-order valence-corrected chi connectivity index (χ1v) is 4.37. The summed E-state index contributed by atoms with van der Waals surface area (Å²) >= 11 is 0. The van der Waals surface area contributed by atoms with Gasteiger partial charge < -0.3 is 15.0 Å². The highest BCUT2D eigenvalue weighted by molar-refractivity contribution is 5.73. The zero-order valence-electron chi connectivity index (χ0n) is 8.33. The number of methoxy groups -OCH3 is 1. The predicted octanol–water partition coefficient (Wildman–Crippen LogP) is 2.21. The third-order valence-electron chi connectivity index (χ3n) is 2.14. The second-order valence-corrected chi connectivity index (χ2v) is 3.05. The number of rotatable bonds is 2. The zero-order valence-corrected chi connectivity index (χ0v) is 8.33. The van der Waals surface area contributed by atoms with Crippen LogP contribution in [0.4, 0.5) is 14.7 Å². The molecule has 0 fully saturated rings. The highest BCUT2D eigenvalue weighted by Gasteiger charge is 2.18. The summed E-state index contributed by atoms with van der Waals surface area (Å²) < 4.78 is 36.1. The van der Waals surface area contributed by atoms with Gasteiger partial charge in [-0.3, -0.25) is 0 Å². The summed E-state index contributed by atoms with van der Waals surface area (Å²) in [5.41, 5.74) is 5.78. The number of nitrogens with two attached hydrogens (primary N) is 1. The molecule has 0 bridgehead atoms. The van der Waals surface area contributed by atoms with E-state index in [-0.39, 0.29) is 17.0 Å². The van der Waals surface area contributed by atoms with Gasteiger partial charge in [-0.25, -0.2) is 8.78 Å². The van der Waals surface area contributed by atoms with Crippen molar-refractivity contribution in [2.75, 3.05) is 12.8 Å². The van der Waals surface area contributed by atoms with E-state index in [0.717, 1.165) is 6.07 Å². The summed E-state index contributed by atoms with van der Waals surface area (Å²) in [6.07, 6.45) is 1.26. The van der Waals surface area contributed by atoms with E-state index >= 15 is 0 Å². The van der Waals surface area contributed by atoms with Gasteiger partial charge in [0.25, 0.3) is 0 Å². The second-order valence-electron chi connectivity index (χ2n) is 3.05. The fourth-order valence-corrected chi connectivity index (χ4v) is 1.38. The van der Waals surface area contributed by atoms with Gasteiger partial charge in [0.1, 0.15) is 0 Å². The van der Waals surface area contributed by atoms with Crippen LogP contribution in [0, 0.1) is 11.6 Å². The number of ether oxygens (including phenoxy) is 1. The van der Waals surface area contributed by atoms with Gasteiger partial charge in [-0.1, -0.05) is 5.16 Å². The molecule has 1 aromatic carbocycles. The van der Waals surface area contributed by atoms with Gasteiger partial charge >= 0.3 is 0 Å². The summed E-state index contributed by atoms with van der Waals surface area (Å²) in [5.74, 6) is -2.11. The summed E-state index contributed by atoms with van der Waals surface area (Å²) in [6, 6.07) is 2.33. The Morgan fingerprint density at radius 2 is 2.06 bits per heavy atom. The summed E-state index contributed by atoms with van der Waals surface area (Å²) in [6.45, 7) is 0. The maximum absolute atomic E-state index is 13.8. The van der Waals surface area contributed by atoms with E-state index < -0.39 is 17.4 Å². The average molecular weight is 226 g/mol. The van der Waals surface area contributed by atoms with Crippen LogP contribution in [-0.2, 0) is 0 Å². The van der Waals surface area contributed by atoms with Crippen molar-refractivity contribution >= 4 is 5.88 Å². The number of anilines is 1. The third kappa shape index (κ3) is 1.48. The molecule has 0 radical (unpaired) electrons. The summed E-state index contributed by atoms with van der Waals surface area (Å²) in [4.78, 5) is 0. The molecule has 0 saturated heterocycles. The smallest absolute Gasteiger partial charge is 0.230 e. The molecule has 16 heavy (non-hydrogen) atoms. The van der Waals surface area contributed by atoms with Gasteiger partial charge in [0.05, 0.1) is 18.9 Å². The lowest BCUT2D eigenvalue weighted by atomic mass is 10.1. The highest BCUT2D eigenvalue weighted by atomic mass is 19.1. The predicted molar refractivity (Wildman–Crippen MR) is 52.8 cm³/mol. The van der Waals surface area contributed by atoms with Crippen molar-refractivity contribution in [3.05, 3.63) is 30.0 Å². The molecule has 1 heterocycles. The van der Waals surface area contributed by atoms with Gasteiger partial charge in [0.15, 0.2) is 17.4 Å². The number of hydrogen-bond acceptors (Lipinski definition) is 4. The topological polar surface area (TPSA) is 61.3 Å². The molecule has 2 aromatic rings. The molecule has 0 amide bonds. The molecule has 4 nitrogen and oxygen atoms in total. The van der Waals surface area contributed by atoms with Gasteiger partial charge in [-0.2, -0.15) is 0 Å². The zero-order chi connectivity index (χ0) is 11.7. The van der Waals surface area contributed by atoms with Crippen molar-refractivity contribution in [3.8, 4) is 16.9 Å². The van der Waals surface area contributed by atoms with E-state index in [4.69, 9.17) is 5.73 Å². The Bertz CT molecular complexity index is 526. The van der Waals surface area contributed by atoms with Crippen molar-refractivity contribution < 1.29 is 18.0 Å². The molecule has 0 aliphatic rings. The van der Waals surface area contributed by atoms with E-state index in [1.165, 1.54) is 19.4 Å². The number of hydrogen-bond donors (Lipinski definition) is 1. The fraction of sp³-hybridized carbons (Fsp3) is 0.100. The van der Waals surface area contributed by atoms with Crippen LogP contribution in [0.5, 0.6) is 5.75 Å². The number of nitrogens with zero attached hydrogens (tertiary/aromatic N) is 1. The molecule has 0 spiro atoms. The molecule has 0 unspecified atom stereocenters. The molecular weight excluding hydrogens is 218 g/mol. The molecule has 0 aliphatic heterocycles. The van der Waals surface area contributed by atoms with Crippen molar-refractivity contribution in [1.29, 1.82) is 0 Å². The molecule has 0 aliphatic carbocycles. The van der Waals surface area contributed by atoms with E-state index in [0.29, 0.717) is 0 Å². The quantitative estimate of drug-likeness (QED) is 0.852. The van der Waals surface area contributed by atoms with E-state index in [1.54, 1.807) is 0 Å². The average Bonchev–Trinajstić information content (AvgIpc) is 2.66. The minimum absolute atomic E-state index is 0.0347. The summed E-state index contributed by atoms with van der Waals surface area (Å²) in [7, 11) is 1.18. The van der Waals surface area contributed by atoms with Crippen molar-refractivity contribution in [2.24, 2.45) is 0 Å². The minimum Gasteiger partial charge on any atom is -0.491 e. The Balaban J connectivity index is 2.63. The van der Waals surface area contributed by atoms with E-state index in [1.807, 2.05) is 0 Å². The number of halogens is 2. The van der Waals surface area contributed by atoms with Crippen LogP contribution in [0.2, 0.25) is 0 Å². The Kier molecular flexibility index (Phi) is 2.47. The largest absolute Gasteiger partial charge is 0.491 e. The molecule has 1 aromatic heterocycles. The van der Waals surface area contributed by atoms with Crippen molar-refractivity contribution in [2.45, 2.75) is 0 Å². The van der Waals surface area contributed by atoms with Gasteiger partial charge in [-0.15, -0.1) is 0 Å². The molecule has 2 rings (SSSR count). The summed E-state index contributed by atoms with van der Waals surface area (Å²) in [5, 5.41) is 3.42. The normalized spacial score (nSPS) is 10.4. The van der Waals surface area contributed by atoms with Crippen LogP contribution < -0.4 is 10.5 Å². The van der Waals surface area contributed by atoms with Crippen LogP contribution in [-0.4, -0.2) is 12.3 Å². The Hall–Kier alpha value is -2.11. The Morgan fingerprint density at radius 1 is 1.31 bits per heavy atom. The fourth-order valence-electron chi connectivity index (χ4n) is 1.38. The van der Waals surface area contributed by atoms with Gasteiger partial charge in [0, 0.05) is 5.56 Å². The Labute approximate surface area is 89.6 Å². The maximum atomic E-state index is 13.8. The standard InChI is InChI=1S/C10H8F2N2O2/c1-15-9-7(11)3-2-5(8(9)12)6-4-14-16-10(6)13/h2-4H,13H2,1H3. The van der Waals surface area contributed by atoms with Crippen LogP contribution in [0.15, 0.2) is 22.9 Å². The lowest BCUT2D eigenvalue weighted by Gasteiger charge is -2.06. The first-order chi connectivity index (χ1) is 7.65. The Morgan fingerprint density at radius 3 is 2.62 bits per heavy atom. The molecule has 0 atom stereocenters. The lowest BCUT2D eigenvalue weighted by molar-refractivity contribution is 0.360. The third-order valence-corrected chi connectivity index (χ3v) is 2.14. The van der Waals surface area contributed by atoms with Crippen LogP contribution in [0.25, 0.3) is 11.1 Å². The molecule has 0 saturated carbocycles. The van der Waals surface area contributed by atoms with E-state index in [9.17, 15) is 8.78 Å². The molecule has 84 valence electrons. The monoisotopic (exact) mass is 226 g/mol. The molecular formula is C10H8F2N2O2. The first-order valence-electron chi connectivity index (χ1n) is 4.37. The van der Waals surface area contributed by atoms with Gasteiger partial charge in [-0.05, 0) is 12.1 Å². The van der Waals surface area contributed by atoms with Crippen LogP contribution in [0.1, 0.15) is 0 Å². The number of nitrogen functional groups attached to an aromatic ring is 1.